The van der Waals surface area contributed by atoms with Gasteiger partial charge in [-0.3, -0.25) is 0 Å². The SMILES string of the molecule is C#CC(C)(C)O[C@H]1O[C@@H]2O[C@@]3(C)CC[C@H]4[C@H](C)CC[C@@H]([C@H]1C)[C@@]24OO3. The smallest absolute Gasteiger partial charge is 0.201 e. The molecule has 5 aliphatic rings. The van der Waals surface area contributed by atoms with Crippen LogP contribution in [0.3, 0.4) is 0 Å². The van der Waals surface area contributed by atoms with Gasteiger partial charge in [0, 0.05) is 18.3 Å². The minimum Gasteiger partial charge on any atom is -0.334 e. The minimum atomic E-state index is -0.760. The predicted molar refractivity (Wildman–Crippen MR) is 90.8 cm³/mol. The maximum atomic E-state index is 6.35. The van der Waals surface area contributed by atoms with Gasteiger partial charge in [0.05, 0.1) is 0 Å². The summed E-state index contributed by atoms with van der Waals surface area (Å²) in [7, 11) is 0. The summed E-state index contributed by atoms with van der Waals surface area (Å²) in [5.74, 6) is 3.26. The molecule has 5 heteroatoms. The second-order valence-electron chi connectivity index (χ2n) is 9.05. The van der Waals surface area contributed by atoms with Crippen molar-refractivity contribution in [3.8, 4) is 12.3 Å². The molecule has 25 heavy (non-hydrogen) atoms. The van der Waals surface area contributed by atoms with Crippen LogP contribution in [-0.4, -0.2) is 29.6 Å². The van der Waals surface area contributed by atoms with Gasteiger partial charge in [-0.15, -0.1) is 6.42 Å². The predicted octanol–water partition coefficient (Wildman–Crippen LogP) is 3.62. The van der Waals surface area contributed by atoms with Crippen LogP contribution < -0.4 is 0 Å². The zero-order valence-corrected chi connectivity index (χ0v) is 15.9. The third-order valence-corrected chi connectivity index (χ3v) is 6.86. The average molecular weight is 350 g/mol. The van der Waals surface area contributed by atoms with Gasteiger partial charge in [0.2, 0.25) is 5.79 Å². The molecule has 2 bridgehead atoms. The Labute approximate surface area is 150 Å². The van der Waals surface area contributed by atoms with Gasteiger partial charge in [-0.05, 0) is 51.9 Å². The molecule has 1 spiro atoms. The normalized spacial score (nSPS) is 52.2. The average Bonchev–Trinajstić information content (AvgIpc) is 2.78. The molecule has 8 atom stereocenters. The van der Waals surface area contributed by atoms with Crippen LogP contribution in [0.15, 0.2) is 0 Å². The molecule has 0 unspecified atom stereocenters. The van der Waals surface area contributed by atoms with E-state index in [1.165, 1.54) is 6.42 Å². The minimum absolute atomic E-state index is 0.147. The molecule has 1 aliphatic carbocycles. The molecule has 0 amide bonds. The second kappa shape index (κ2) is 5.68. The van der Waals surface area contributed by atoms with Crippen molar-refractivity contribution in [2.75, 3.05) is 0 Å². The first-order valence-corrected chi connectivity index (χ1v) is 9.56. The summed E-state index contributed by atoms with van der Waals surface area (Å²) in [6.45, 7) is 10.2. The number of fused-ring (bicyclic) bond motifs is 2. The lowest BCUT2D eigenvalue weighted by Crippen LogP contribution is -2.70. The van der Waals surface area contributed by atoms with Gasteiger partial charge in [-0.1, -0.05) is 19.8 Å². The van der Waals surface area contributed by atoms with Crippen molar-refractivity contribution < 1.29 is 24.0 Å². The maximum Gasteiger partial charge on any atom is 0.201 e. The molecule has 4 saturated heterocycles. The van der Waals surface area contributed by atoms with E-state index in [1.807, 2.05) is 20.8 Å². The molecule has 5 rings (SSSR count). The molecule has 140 valence electrons. The Bertz CT molecular complexity index is 583. The monoisotopic (exact) mass is 350 g/mol. The molecule has 0 aromatic heterocycles. The van der Waals surface area contributed by atoms with Gasteiger partial charge in [0.15, 0.2) is 18.2 Å². The number of hydrogen-bond acceptors (Lipinski definition) is 5. The molecule has 4 aliphatic heterocycles. The molecule has 0 radical (unpaired) electrons. The summed E-state index contributed by atoms with van der Waals surface area (Å²) in [4.78, 5) is 11.9. The van der Waals surface area contributed by atoms with E-state index < -0.39 is 29.6 Å². The van der Waals surface area contributed by atoms with Gasteiger partial charge in [-0.25, -0.2) is 9.78 Å². The van der Waals surface area contributed by atoms with Crippen LogP contribution in [-0.2, 0) is 24.0 Å². The molecular formula is C20H30O5. The number of rotatable bonds is 2. The summed E-state index contributed by atoms with van der Waals surface area (Å²) >= 11 is 0. The van der Waals surface area contributed by atoms with Crippen LogP contribution >= 0.6 is 0 Å². The van der Waals surface area contributed by atoms with Crippen LogP contribution in [0, 0.1) is 36.0 Å². The fraction of sp³-hybridized carbons (Fsp3) is 0.900. The van der Waals surface area contributed by atoms with E-state index in [0.29, 0.717) is 11.8 Å². The van der Waals surface area contributed by atoms with Crippen LogP contribution in [0.1, 0.15) is 60.3 Å². The highest BCUT2D eigenvalue weighted by atomic mass is 17.3. The fourth-order valence-electron chi connectivity index (χ4n) is 5.33. The molecular weight excluding hydrogens is 320 g/mol. The second-order valence-corrected chi connectivity index (χ2v) is 9.05. The molecule has 0 N–H and O–H groups in total. The third kappa shape index (κ3) is 2.57. The highest BCUT2D eigenvalue weighted by molar-refractivity contribution is 5.10. The van der Waals surface area contributed by atoms with Crippen molar-refractivity contribution in [1.82, 2.24) is 0 Å². The van der Waals surface area contributed by atoms with Gasteiger partial charge < -0.3 is 14.2 Å². The maximum absolute atomic E-state index is 6.35. The van der Waals surface area contributed by atoms with Crippen LogP contribution in [0.5, 0.6) is 0 Å². The summed E-state index contributed by atoms with van der Waals surface area (Å²) in [6, 6.07) is 0. The van der Waals surface area contributed by atoms with Crippen molar-refractivity contribution in [2.45, 2.75) is 89.9 Å². The van der Waals surface area contributed by atoms with Crippen LogP contribution in [0.25, 0.3) is 0 Å². The van der Waals surface area contributed by atoms with E-state index in [4.69, 9.17) is 30.4 Å². The lowest BCUT2D eigenvalue weighted by molar-refractivity contribution is -0.578. The van der Waals surface area contributed by atoms with Crippen molar-refractivity contribution >= 4 is 0 Å². The largest absolute Gasteiger partial charge is 0.334 e. The van der Waals surface area contributed by atoms with E-state index in [-0.39, 0.29) is 11.8 Å². The Morgan fingerprint density at radius 1 is 1.12 bits per heavy atom. The van der Waals surface area contributed by atoms with Gasteiger partial charge in [-0.2, -0.15) is 0 Å². The Hall–Kier alpha value is -0.640. The zero-order valence-electron chi connectivity index (χ0n) is 15.9. The topological polar surface area (TPSA) is 46.2 Å². The fourth-order valence-corrected chi connectivity index (χ4v) is 5.33. The highest BCUT2D eigenvalue weighted by Crippen LogP contribution is 2.60. The van der Waals surface area contributed by atoms with E-state index in [2.05, 4.69) is 19.8 Å². The van der Waals surface area contributed by atoms with Crippen molar-refractivity contribution in [2.24, 2.45) is 23.7 Å². The van der Waals surface area contributed by atoms with Crippen LogP contribution in [0.2, 0.25) is 0 Å². The van der Waals surface area contributed by atoms with Crippen LogP contribution in [0.4, 0.5) is 0 Å². The van der Waals surface area contributed by atoms with E-state index in [9.17, 15) is 0 Å². The molecule has 5 fully saturated rings. The lowest BCUT2D eigenvalue weighted by atomic mass is 9.58. The molecule has 0 aromatic rings. The molecule has 0 aromatic carbocycles. The quantitative estimate of drug-likeness (QED) is 0.562. The van der Waals surface area contributed by atoms with E-state index in [0.717, 1.165) is 19.3 Å². The van der Waals surface area contributed by atoms with Crippen molar-refractivity contribution in [3.05, 3.63) is 0 Å². The summed E-state index contributed by atoms with van der Waals surface area (Å²) in [6.07, 6.45) is 8.80. The Morgan fingerprint density at radius 2 is 1.88 bits per heavy atom. The van der Waals surface area contributed by atoms with Crippen molar-refractivity contribution in [1.29, 1.82) is 0 Å². The molecule has 5 nitrogen and oxygen atoms in total. The summed E-state index contributed by atoms with van der Waals surface area (Å²) in [5, 5.41) is 0. The van der Waals surface area contributed by atoms with Gasteiger partial charge in [0.25, 0.3) is 0 Å². The Kier molecular flexibility index (Phi) is 4.03. The molecule has 1 saturated carbocycles. The number of hydrogen-bond donors (Lipinski definition) is 0. The highest BCUT2D eigenvalue weighted by Gasteiger charge is 2.69. The van der Waals surface area contributed by atoms with Gasteiger partial charge >= 0.3 is 0 Å². The molecule has 4 heterocycles. The standard InChI is InChI=1S/C20H30O5/c1-7-18(4,5)22-16-13(3)15-9-8-12(2)14-10-11-19(6)23-17(21-16)20(14,15)25-24-19/h1,12-17H,8-11H2,2-6H3/t12-,13-,14+,15+,16-,17-,19-,20-/m1/s1. The van der Waals surface area contributed by atoms with Crippen molar-refractivity contribution in [3.63, 3.8) is 0 Å². The van der Waals surface area contributed by atoms with E-state index in [1.54, 1.807) is 0 Å². The lowest BCUT2D eigenvalue weighted by Gasteiger charge is -2.60. The number of ether oxygens (including phenoxy) is 3. The summed E-state index contributed by atoms with van der Waals surface area (Å²) in [5.41, 5.74) is -1.23. The first-order valence-electron chi connectivity index (χ1n) is 9.56. The first-order chi connectivity index (χ1) is 11.7. The zero-order chi connectivity index (χ0) is 18.0. The number of terminal acetylenes is 1. The third-order valence-electron chi connectivity index (χ3n) is 6.86. The Morgan fingerprint density at radius 3 is 2.60 bits per heavy atom. The van der Waals surface area contributed by atoms with E-state index >= 15 is 0 Å². The first kappa shape index (κ1) is 17.8. The summed E-state index contributed by atoms with van der Waals surface area (Å²) < 4.78 is 18.8. The van der Waals surface area contributed by atoms with Gasteiger partial charge in [0.1, 0.15) is 5.60 Å². The Balaban J connectivity index is 1.71.